The van der Waals surface area contributed by atoms with Gasteiger partial charge >= 0.3 is 11.9 Å². The Kier molecular flexibility index (Phi) is 6.21. The van der Waals surface area contributed by atoms with Crippen LogP contribution in [0, 0.1) is 11.8 Å². The summed E-state index contributed by atoms with van der Waals surface area (Å²) in [5, 5.41) is 0. The van der Waals surface area contributed by atoms with Crippen molar-refractivity contribution in [3.05, 3.63) is 0 Å². The Bertz CT molecular complexity index is 265. The Balaban J connectivity index is 4.36. The molecule has 4 heteroatoms. The van der Waals surface area contributed by atoms with Gasteiger partial charge in [0.1, 0.15) is 5.60 Å². The Morgan fingerprint density at radius 2 is 1.71 bits per heavy atom. The Morgan fingerprint density at radius 3 is 2.06 bits per heavy atom. The quantitative estimate of drug-likeness (QED) is 0.697. The van der Waals surface area contributed by atoms with Gasteiger partial charge < -0.3 is 9.47 Å². The van der Waals surface area contributed by atoms with Crippen LogP contribution in [0.2, 0.25) is 0 Å². The second-order valence-electron chi connectivity index (χ2n) is 5.30. The molecule has 2 atom stereocenters. The van der Waals surface area contributed by atoms with Gasteiger partial charge in [-0.3, -0.25) is 9.59 Å². The van der Waals surface area contributed by atoms with Crippen LogP contribution in [0.15, 0.2) is 0 Å². The lowest BCUT2D eigenvalue weighted by molar-refractivity contribution is -0.160. The fraction of sp³-hybridized carbons (Fsp3) is 0.846. The summed E-state index contributed by atoms with van der Waals surface area (Å²) in [7, 11) is 1.36. The zero-order valence-electron chi connectivity index (χ0n) is 11.7. The van der Waals surface area contributed by atoms with Gasteiger partial charge in [-0.2, -0.15) is 0 Å². The third kappa shape index (κ3) is 6.29. The van der Waals surface area contributed by atoms with E-state index in [1.807, 2.05) is 27.7 Å². The molecule has 0 amide bonds. The number of ether oxygens (including phenoxy) is 2. The summed E-state index contributed by atoms with van der Waals surface area (Å²) < 4.78 is 9.96. The number of methoxy groups -OCH3 is 1. The summed E-state index contributed by atoms with van der Waals surface area (Å²) in [5.41, 5.74) is -0.488. The van der Waals surface area contributed by atoms with Crippen molar-refractivity contribution >= 4 is 11.9 Å². The first kappa shape index (κ1) is 15.9. The molecule has 17 heavy (non-hydrogen) atoms. The molecule has 0 aliphatic heterocycles. The van der Waals surface area contributed by atoms with Gasteiger partial charge in [-0.1, -0.05) is 13.8 Å². The van der Waals surface area contributed by atoms with E-state index in [0.29, 0.717) is 12.8 Å². The predicted molar refractivity (Wildman–Crippen MR) is 65.4 cm³/mol. The van der Waals surface area contributed by atoms with Crippen LogP contribution >= 0.6 is 0 Å². The van der Waals surface area contributed by atoms with Crippen molar-refractivity contribution in [3.63, 3.8) is 0 Å². The van der Waals surface area contributed by atoms with E-state index in [1.165, 1.54) is 7.11 Å². The molecule has 0 aromatic heterocycles. The summed E-state index contributed by atoms with van der Waals surface area (Å²) >= 11 is 0. The van der Waals surface area contributed by atoms with Crippen molar-refractivity contribution in [2.24, 2.45) is 11.8 Å². The first-order valence-corrected chi connectivity index (χ1v) is 6.02. The summed E-state index contributed by atoms with van der Waals surface area (Å²) in [6.45, 7) is 9.17. The van der Waals surface area contributed by atoms with E-state index in [-0.39, 0.29) is 23.8 Å². The van der Waals surface area contributed by atoms with Crippen LogP contribution in [0.4, 0.5) is 0 Å². The van der Waals surface area contributed by atoms with Crippen molar-refractivity contribution in [1.82, 2.24) is 0 Å². The van der Waals surface area contributed by atoms with Crippen molar-refractivity contribution in [3.8, 4) is 0 Å². The van der Waals surface area contributed by atoms with Gasteiger partial charge in [0.25, 0.3) is 0 Å². The fourth-order valence-electron chi connectivity index (χ4n) is 1.52. The van der Waals surface area contributed by atoms with E-state index in [9.17, 15) is 9.59 Å². The standard InChI is InChI=1S/C13H24O4/c1-7-10(12(15)16-6)8-9(2)11(14)17-13(3,4)5/h9-10H,7-8H2,1-6H3. The van der Waals surface area contributed by atoms with Gasteiger partial charge in [-0.05, 0) is 33.6 Å². The summed E-state index contributed by atoms with van der Waals surface area (Å²) in [6, 6.07) is 0. The molecule has 0 aromatic rings. The summed E-state index contributed by atoms with van der Waals surface area (Å²) in [5.74, 6) is -1.05. The van der Waals surface area contributed by atoms with E-state index in [2.05, 4.69) is 0 Å². The molecule has 0 heterocycles. The van der Waals surface area contributed by atoms with Crippen LogP contribution in [0.25, 0.3) is 0 Å². The lowest BCUT2D eigenvalue weighted by atomic mass is 9.93. The van der Waals surface area contributed by atoms with Crippen molar-refractivity contribution in [2.75, 3.05) is 7.11 Å². The molecular formula is C13H24O4. The molecular weight excluding hydrogens is 220 g/mol. The molecule has 0 rings (SSSR count). The molecule has 0 bridgehead atoms. The average Bonchev–Trinajstić information content (AvgIpc) is 2.21. The molecule has 0 aliphatic carbocycles. The van der Waals surface area contributed by atoms with E-state index >= 15 is 0 Å². The summed E-state index contributed by atoms with van der Waals surface area (Å²) in [4.78, 5) is 23.2. The molecule has 4 nitrogen and oxygen atoms in total. The Labute approximate surface area is 104 Å². The van der Waals surface area contributed by atoms with E-state index in [0.717, 1.165) is 0 Å². The monoisotopic (exact) mass is 244 g/mol. The molecule has 2 unspecified atom stereocenters. The van der Waals surface area contributed by atoms with Gasteiger partial charge in [0, 0.05) is 0 Å². The van der Waals surface area contributed by atoms with E-state index in [1.54, 1.807) is 6.92 Å². The SMILES string of the molecule is CCC(CC(C)C(=O)OC(C)(C)C)C(=O)OC. The molecule has 0 radical (unpaired) electrons. The van der Waals surface area contributed by atoms with E-state index in [4.69, 9.17) is 9.47 Å². The maximum absolute atomic E-state index is 11.7. The highest BCUT2D eigenvalue weighted by atomic mass is 16.6. The minimum absolute atomic E-state index is 0.234. The summed E-state index contributed by atoms with van der Waals surface area (Å²) in [6.07, 6.45) is 1.14. The van der Waals surface area contributed by atoms with Gasteiger partial charge in [0.15, 0.2) is 0 Å². The third-order valence-electron chi connectivity index (χ3n) is 2.47. The second kappa shape index (κ2) is 6.62. The number of hydrogen-bond acceptors (Lipinski definition) is 4. The first-order chi connectivity index (χ1) is 7.71. The smallest absolute Gasteiger partial charge is 0.309 e. The van der Waals surface area contributed by atoms with Crippen LogP contribution in [-0.4, -0.2) is 24.6 Å². The van der Waals surface area contributed by atoms with Crippen LogP contribution in [0.3, 0.4) is 0 Å². The van der Waals surface area contributed by atoms with Gasteiger partial charge in [-0.15, -0.1) is 0 Å². The lowest BCUT2D eigenvalue weighted by Gasteiger charge is -2.23. The topological polar surface area (TPSA) is 52.6 Å². The predicted octanol–water partition coefficient (Wildman–Crippen LogP) is 2.55. The molecule has 0 N–H and O–H groups in total. The van der Waals surface area contributed by atoms with E-state index < -0.39 is 5.60 Å². The lowest BCUT2D eigenvalue weighted by Crippen LogP contribution is -2.29. The van der Waals surface area contributed by atoms with Gasteiger partial charge in [0.05, 0.1) is 18.9 Å². The highest BCUT2D eigenvalue weighted by Crippen LogP contribution is 2.20. The number of esters is 2. The first-order valence-electron chi connectivity index (χ1n) is 6.02. The molecule has 0 aliphatic rings. The average molecular weight is 244 g/mol. The number of carbonyl (C=O) groups excluding carboxylic acids is 2. The zero-order valence-corrected chi connectivity index (χ0v) is 11.7. The Hall–Kier alpha value is -1.06. The largest absolute Gasteiger partial charge is 0.469 e. The highest BCUT2D eigenvalue weighted by Gasteiger charge is 2.27. The van der Waals surface area contributed by atoms with Crippen LogP contribution in [0.1, 0.15) is 47.5 Å². The minimum Gasteiger partial charge on any atom is -0.469 e. The van der Waals surface area contributed by atoms with Crippen LogP contribution < -0.4 is 0 Å². The van der Waals surface area contributed by atoms with Crippen molar-refractivity contribution in [1.29, 1.82) is 0 Å². The number of carbonyl (C=O) groups is 2. The molecule has 0 fully saturated rings. The minimum atomic E-state index is -0.488. The molecule has 0 spiro atoms. The van der Waals surface area contributed by atoms with Crippen molar-refractivity contribution < 1.29 is 19.1 Å². The number of rotatable bonds is 5. The maximum atomic E-state index is 11.7. The van der Waals surface area contributed by atoms with Crippen LogP contribution in [0.5, 0.6) is 0 Å². The van der Waals surface area contributed by atoms with Crippen molar-refractivity contribution in [2.45, 2.75) is 53.1 Å². The zero-order chi connectivity index (χ0) is 13.6. The van der Waals surface area contributed by atoms with Crippen LogP contribution in [-0.2, 0) is 19.1 Å². The Morgan fingerprint density at radius 1 is 1.18 bits per heavy atom. The molecule has 0 saturated carbocycles. The fourth-order valence-corrected chi connectivity index (χ4v) is 1.52. The molecule has 0 aromatic carbocycles. The molecule has 0 saturated heterocycles. The third-order valence-corrected chi connectivity index (χ3v) is 2.47. The van der Waals surface area contributed by atoms with Gasteiger partial charge in [0.2, 0.25) is 0 Å². The van der Waals surface area contributed by atoms with Gasteiger partial charge in [-0.25, -0.2) is 0 Å². The maximum Gasteiger partial charge on any atom is 0.309 e. The normalized spacial score (nSPS) is 14.9. The molecule has 100 valence electrons. The second-order valence-corrected chi connectivity index (χ2v) is 5.30. The highest BCUT2D eigenvalue weighted by molar-refractivity contribution is 5.75. The number of hydrogen-bond donors (Lipinski definition) is 0.